The zero-order chi connectivity index (χ0) is 14.8. The molecule has 1 fully saturated rings. The second-order valence-corrected chi connectivity index (χ2v) is 6.47. The molecule has 1 saturated carbocycles. The molecule has 0 aliphatic heterocycles. The Balaban J connectivity index is 2.19. The van der Waals surface area contributed by atoms with E-state index in [1.807, 2.05) is 25.1 Å². The number of carbonyl (C=O) groups excluding carboxylic acids is 1. The van der Waals surface area contributed by atoms with E-state index in [4.69, 9.17) is 0 Å². The van der Waals surface area contributed by atoms with E-state index in [0.717, 1.165) is 11.3 Å². The van der Waals surface area contributed by atoms with E-state index in [1.165, 1.54) is 24.8 Å². The van der Waals surface area contributed by atoms with Gasteiger partial charge in [-0.15, -0.1) is 0 Å². The normalized spacial score (nSPS) is 20.7. The van der Waals surface area contributed by atoms with Gasteiger partial charge in [-0.05, 0) is 49.8 Å². The Labute approximate surface area is 122 Å². The van der Waals surface area contributed by atoms with E-state index in [9.17, 15) is 4.79 Å². The van der Waals surface area contributed by atoms with Crippen molar-refractivity contribution in [2.75, 3.05) is 11.9 Å². The molecule has 0 radical (unpaired) electrons. The maximum absolute atomic E-state index is 11.9. The fraction of sp³-hybridized carbons (Fsp3) is 0.588. The fourth-order valence-electron chi connectivity index (χ4n) is 2.96. The van der Waals surface area contributed by atoms with Gasteiger partial charge in [-0.1, -0.05) is 26.3 Å². The summed E-state index contributed by atoms with van der Waals surface area (Å²) in [7, 11) is 0. The lowest BCUT2D eigenvalue weighted by molar-refractivity contribution is 0.0956. The van der Waals surface area contributed by atoms with Crippen molar-refractivity contribution < 1.29 is 4.79 Å². The van der Waals surface area contributed by atoms with Crippen LogP contribution in [0, 0.1) is 12.3 Å². The topological polar surface area (TPSA) is 41.1 Å². The van der Waals surface area contributed by atoms with Crippen molar-refractivity contribution in [1.29, 1.82) is 0 Å². The van der Waals surface area contributed by atoms with Crippen molar-refractivity contribution in [2.24, 2.45) is 5.41 Å². The highest BCUT2D eigenvalue weighted by atomic mass is 16.1. The van der Waals surface area contributed by atoms with Gasteiger partial charge in [-0.2, -0.15) is 0 Å². The third-order valence-electron chi connectivity index (χ3n) is 4.42. The van der Waals surface area contributed by atoms with Crippen LogP contribution in [-0.4, -0.2) is 18.5 Å². The van der Waals surface area contributed by atoms with E-state index in [2.05, 4.69) is 31.4 Å². The molecule has 3 nitrogen and oxygen atoms in total. The van der Waals surface area contributed by atoms with E-state index in [1.54, 1.807) is 0 Å². The Morgan fingerprint density at radius 1 is 1.40 bits per heavy atom. The minimum absolute atomic E-state index is 0.00114. The predicted molar refractivity (Wildman–Crippen MR) is 84.2 cm³/mol. The quantitative estimate of drug-likeness (QED) is 0.878. The zero-order valence-corrected chi connectivity index (χ0v) is 13.0. The molecule has 2 rings (SSSR count). The second kappa shape index (κ2) is 5.86. The molecule has 1 amide bonds. The summed E-state index contributed by atoms with van der Waals surface area (Å²) in [6, 6.07) is 6.39. The van der Waals surface area contributed by atoms with Gasteiger partial charge in [0.2, 0.25) is 0 Å². The van der Waals surface area contributed by atoms with E-state index >= 15 is 0 Å². The van der Waals surface area contributed by atoms with Crippen LogP contribution < -0.4 is 10.6 Å². The number of amides is 1. The van der Waals surface area contributed by atoms with Crippen LogP contribution in [0.5, 0.6) is 0 Å². The molecule has 0 spiro atoms. The van der Waals surface area contributed by atoms with Crippen LogP contribution >= 0.6 is 0 Å². The largest absolute Gasteiger partial charge is 0.382 e. The number of nitrogens with one attached hydrogen (secondary N) is 2. The Hall–Kier alpha value is -1.51. The molecule has 1 unspecified atom stereocenters. The fourth-order valence-corrected chi connectivity index (χ4v) is 2.96. The summed E-state index contributed by atoms with van der Waals surface area (Å²) in [5.74, 6) is 0.00114. The van der Waals surface area contributed by atoms with Crippen LogP contribution in [0.25, 0.3) is 0 Å². The number of aryl methyl sites for hydroxylation is 1. The minimum atomic E-state index is 0.00114. The Bertz CT molecular complexity index is 494. The van der Waals surface area contributed by atoms with Gasteiger partial charge in [0.1, 0.15) is 0 Å². The first-order valence-electron chi connectivity index (χ1n) is 7.59. The average Bonchev–Trinajstić information content (AvgIpc) is 2.71. The second-order valence-electron chi connectivity index (χ2n) is 6.47. The van der Waals surface area contributed by atoms with Crippen molar-refractivity contribution in [1.82, 2.24) is 5.32 Å². The first-order valence-corrected chi connectivity index (χ1v) is 7.59. The molecule has 0 saturated heterocycles. The molecule has 3 heteroatoms. The molecule has 1 aliphatic carbocycles. The van der Waals surface area contributed by atoms with Gasteiger partial charge in [0, 0.05) is 23.8 Å². The third kappa shape index (κ3) is 3.14. The molecule has 1 aromatic carbocycles. The Morgan fingerprint density at radius 3 is 2.75 bits per heavy atom. The monoisotopic (exact) mass is 274 g/mol. The van der Waals surface area contributed by atoms with Gasteiger partial charge >= 0.3 is 0 Å². The van der Waals surface area contributed by atoms with Crippen LogP contribution in [0.4, 0.5) is 5.69 Å². The maximum Gasteiger partial charge on any atom is 0.251 e. The number of benzene rings is 1. The molecule has 1 aliphatic rings. The van der Waals surface area contributed by atoms with Crippen LogP contribution in [0.1, 0.15) is 56.0 Å². The number of anilines is 1. The minimum Gasteiger partial charge on any atom is -0.382 e. The maximum atomic E-state index is 11.9. The standard InChI is InChI=1S/C17H26N2O/c1-5-18-16(20)13-9-8-12(2)14(11-13)19-15-7-6-10-17(15,3)4/h8-9,11,15,19H,5-7,10H2,1-4H3,(H,18,20). The van der Waals surface area contributed by atoms with Crippen molar-refractivity contribution in [3.8, 4) is 0 Å². The molecular formula is C17H26N2O. The average molecular weight is 274 g/mol. The molecular weight excluding hydrogens is 248 g/mol. The van der Waals surface area contributed by atoms with Gasteiger partial charge in [0.15, 0.2) is 0 Å². The molecule has 2 N–H and O–H groups in total. The first-order chi connectivity index (χ1) is 9.44. The van der Waals surface area contributed by atoms with Gasteiger partial charge in [0.05, 0.1) is 0 Å². The highest BCUT2D eigenvalue weighted by Gasteiger charge is 2.34. The van der Waals surface area contributed by atoms with Gasteiger partial charge < -0.3 is 10.6 Å². The predicted octanol–water partition coefficient (Wildman–Crippen LogP) is 3.74. The Morgan fingerprint density at radius 2 is 2.15 bits per heavy atom. The summed E-state index contributed by atoms with van der Waals surface area (Å²) in [6.45, 7) is 9.32. The van der Waals surface area contributed by atoms with Crippen molar-refractivity contribution in [3.63, 3.8) is 0 Å². The summed E-state index contributed by atoms with van der Waals surface area (Å²) in [5, 5.41) is 6.51. The highest BCUT2D eigenvalue weighted by Crippen LogP contribution is 2.39. The van der Waals surface area contributed by atoms with Crippen LogP contribution in [0.2, 0.25) is 0 Å². The number of rotatable bonds is 4. The molecule has 0 aromatic heterocycles. The van der Waals surface area contributed by atoms with Crippen LogP contribution in [-0.2, 0) is 0 Å². The number of carbonyl (C=O) groups is 1. The first kappa shape index (κ1) is 14.9. The van der Waals surface area contributed by atoms with Gasteiger partial charge in [-0.3, -0.25) is 4.79 Å². The Kier molecular flexibility index (Phi) is 4.36. The van der Waals surface area contributed by atoms with E-state index < -0.39 is 0 Å². The van der Waals surface area contributed by atoms with Gasteiger partial charge in [-0.25, -0.2) is 0 Å². The summed E-state index contributed by atoms with van der Waals surface area (Å²) in [4.78, 5) is 11.9. The van der Waals surface area contributed by atoms with Gasteiger partial charge in [0.25, 0.3) is 5.91 Å². The molecule has 20 heavy (non-hydrogen) atoms. The molecule has 110 valence electrons. The van der Waals surface area contributed by atoms with Crippen molar-refractivity contribution in [2.45, 2.75) is 53.0 Å². The molecule has 0 bridgehead atoms. The van der Waals surface area contributed by atoms with Crippen LogP contribution in [0.3, 0.4) is 0 Å². The van der Waals surface area contributed by atoms with Crippen molar-refractivity contribution >= 4 is 11.6 Å². The molecule has 1 aromatic rings. The summed E-state index contributed by atoms with van der Waals surface area (Å²) in [6.07, 6.45) is 3.75. The zero-order valence-electron chi connectivity index (χ0n) is 13.0. The lowest BCUT2D eigenvalue weighted by atomic mass is 9.87. The van der Waals surface area contributed by atoms with E-state index in [0.29, 0.717) is 18.0 Å². The smallest absolute Gasteiger partial charge is 0.251 e. The molecule has 1 atom stereocenters. The molecule has 0 heterocycles. The van der Waals surface area contributed by atoms with Crippen molar-refractivity contribution in [3.05, 3.63) is 29.3 Å². The van der Waals surface area contributed by atoms with E-state index in [-0.39, 0.29) is 5.91 Å². The van der Waals surface area contributed by atoms with Crippen LogP contribution in [0.15, 0.2) is 18.2 Å². The highest BCUT2D eigenvalue weighted by molar-refractivity contribution is 5.95. The third-order valence-corrected chi connectivity index (χ3v) is 4.42. The number of hydrogen-bond donors (Lipinski definition) is 2. The number of hydrogen-bond acceptors (Lipinski definition) is 2. The lowest BCUT2D eigenvalue weighted by Gasteiger charge is -2.29. The summed E-state index contributed by atoms with van der Waals surface area (Å²) >= 11 is 0. The summed E-state index contributed by atoms with van der Waals surface area (Å²) in [5.41, 5.74) is 3.35. The summed E-state index contributed by atoms with van der Waals surface area (Å²) < 4.78 is 0. The SMILES string of the molecule is CCNC(=O)c1ccc(C)c(NC2CCCC2(C)C)c1. The lowest BCUT2D eigenvalue weighted by Crippen LogP contribution is -2.31.